The van der Waals surface area contributed by atoms with Gasteiger partial charge in [-0.3, -0.25) is 4.79 Å². The molecule has 1 heterocycles. The van der Waals surface area contributed by atoms with E-state index in [4.69, 9.17) is 14.6 Å². The molecule has 0 radical (unpaired) electrons. The van der Waals surface area contributed by atoms with E-state index in [2.05, 4.69) is 0 Å². The molecule has 1 aliphatic heterocycles. The number of methoxy groups -OCH3 is 1. The molecule has 6 heteroatoms. The van der Waals surface area contributed by atoms with Gasteiger partial charge in [-0.25, -0.2) is 4.79 Å². The molecule has 22 heavy (non-hydrogen) atoms. The fourth-order valence-electron chi connectivity index (χ4n) is 2.64. The second kappa shape index (κ2) is 6.46. The van der Waals surface area contributed by atoms with Crippen molar-refractivity contribution < 1.29 is 24.2 Å². The third kappa shape index (κ3) is 3.13. The van der Waals surface area contributed by atoms with Gasteiger partial charge in [0.1, 0.15) is 0 Å². The lowest BCUT2D eigenvalue weighted by Gasteiger charge is -2.39. The predicted molar refractivity (Wildman–Crippen MR) is 79.4 cm³/mol. The van der Waals surface area contributed by atoms with Gasteiger partial charge in [0.05, 0.1) is 12.6 Å². The highest BCUT2D eigenvalue weighted by molar-refractivity contribution is 5.87. The van der Waals surface area contributed by atoms with Crippen LogP contribution in [0, 0.1) is 0 Å². The van der Waals surface area contributed by atoms with Crippen molar-refractivity contribution in [1.82, 2.24) is 4.90 Å². The Kier molecular flexibility index (Phi) is 4.83. The molecule has 1 N–H and O–H groups in total. The monoisotopic (exact) mass is 307 g/mol. The molecule has 0 spiro atoms. The Morgan fingerprint density at radius 1 is 1.32 bits per heavy atom. The highest BCUT2D eigenvalue weighted by atomic mass is 16.5. The number of carbonyl (C=O) groups excluding carboxylic acids is 1. The molecule has 1 aromatic rings. The van der Waals surface area contributed by atoms with Gasteiger partial charge < -0.3 is 19.5 Å². The Balaban J connectivity index is 2.26. The lowest BCUT2D eigenvalue weighted by molar-refractivity contribution is -0.175. The number of nitrogens with zero attached hydrogens (tertiary/aromatic N) is 1. The lowest BCUT2D eigenvalue weighted by Crippen LogP contribution is -2.56. The van der Waals surface area contributed by atoms with Crippen molar-refractivity contribution in [2.45, 2.75) is 31.7 Å². The number of ether oxygens (including phenoxy) is 2. The standard InChI is InChI=1S/C16H21NO5/c1-11-9-17(10-13(22-11)14(18)19)15(20)16(2,21-3)12-7-5-4-6-8-12/h4-8,11,13H,9-10H2,1-3H3,(H,18,19)/t11-,13?,16?/m1/s1. The van der Waals surface area contributed by atoms with Crippen molar-refractivity contribution in [3.05, 3.63) is 35.9 Å². The van der Waals surface area contributed by atoms with Crippen LogP contribution < -0.4 is 0 Å². The Morgan fingerprint density at radius 3 is 2.50 bits per heavy atom. The summed E-state index contributed by atoms with van der Waals surface area (Å²) in [6, 6.07) is 9.17. The van der Waals surface area contributed by atoms with Crippen molar-refractivity contribution in [1.29, 1.82) is 0 Å². The molecule has 1 amide bonds. The van der Waals surface area contributed by atoms with Crippen molar-refractivity contribution in [3.63, 3.8) is 0 Å². The van der Waals surface area contributed by atoms with E-state index in [0.29, 0.717) is 6.54 Å². The molecule has 1 saturated heterocycles. The van der Waals surface area contributed by atoms with E-state index in [-0.39, 0.29) is 18.6 Å². The van der Waals surface area contributed by atoms with Crippen molar-refractivity contribution >= 4 is 11.9 Å². The molecule has 6 nitrogen and oxygen atoms in total. The number of aliphatic carboxylic acids is 1. The number of carboxylic acids is 1. The van der Waals surface area contributed by atoms with Crippen molar-refractivity contribution in [3.8, 4) is 0 Å². The van der Waals surface area contributed by atoms with Gasteiger partial charge in [0, 0.05) is 13.7 Å². The van der Waals surface area contributed by atoms with Crippen LogP contribution in [0.3, 0.4) is 0 Å². The minimum absolute atomic E-state index is 0.0181. The summed E-state index contributed by atoms with van der Waals surface area (Å²) in [5.74, 6) is -1.33. The Bertz CT molecular complexity index is 547. The minimum Gasteiger partial charge on any atom is -0.479 e. The number of carboxylic acid groups (broad SMARTS) is 1. The van der Waals surface area contributed by atoms with Crippen LogP contribution in [-0.2, 0) is 24.7 Å². The summed E-state index contributed by atoms with van der Waals surface area (Å²) in [6.07, 6.45) is -1.35. The summed E-state index contributed by atoms with van der Waals surface area (Å²) < 4.78 is 10.8. The summed E-state index contributed by atoms with van der Waals surface area (Å²) in [6.45, 7) is 3.81. The molecule has 1 aliphatic rings. The third-order valence-electron chi connectivity index (χ3n) is 3.96. The van der Waals surface area contributed by atoms with Gasteiger partial charge in [-0.1, -0.05) is 30.3 Å². The van der Waals surface area contributed by atoms with Gasteiger partial charge >= 0.3 is 5.97 Å². The molecular weight excluding hydrogens is 286 g/mol. The van der Waals surface area contributed by atoms with E-state index in [9.17, 15) is 9.59 Å². The number of morpholine rings is 1. The van der Waals surface area contributed by atoms with Crippen LogP contribution in [0.25, 0.3) is 0 Å². The normalized spacial score (nSPS) is 24.6. The van der Waals surface area contributed by atoms with E-state index in [1.807, 2.05) is 30.3 Å². The molecule has 0 aromatic heterocycles. The van der Waals surface area contributed by atoms with E-state index in [1.54, 1.807) is 13.8 Å². The number of carbonyl (C=O) groups is 2. The zero-order valence-electron chi connectivity index (χ0n) is 13.0. The molecule has 1 fully saturated rings. The van der Waals surface area contributed by atoms with Crippen LogP contribution in [0.2, 0.25) is 0 Å². The first kappa shape index (κ1) is 16.5. The van der Waals surface area contributed by atoms with Crippen molar-refractivity contribution in [2.75, 3.05) is 20.2 Å². The van der Waals surface area contributed by atoms with Crippen LogP contribution >= 0.6 is 0 Å². The van der Waals surface area contributed by atoms with Crippen LogP contribution in [0.1, 0.15) is 19.4 Å². The molecule has 120 valence electrons. The van der Waals surface area contributed by atoms with Crippen LogP contribution in [0.15, 0.2) is 30.3 Å². The number of hydrogen-bond donors (Lipinski definition) is 1. The number of benzene rings is 1. The lowest BCUT2D eigenvalue weighted by atomic mass is 9.93. The first-order chi connectivity index (χ1) is 10.4. The van der Waals surface area contributed by atoms with Gasteiger partial charge in [0.2, 0.25) is 0 Å². The molecule has 0 aliphatic carbocycles. The number of amides is 1. The third-order valence-corrected chi connectivity index (χ3v) is 3.96. The molecule has 1 aromatic carbocycles. The predicted octanol–water partition coefficient (Wildman–Crippen LogP) is 1.25. The quantitative estimate of drug-likeness (QED) is 0.906. The summed E-state index contributed by atoms with van der Waals surface area (Å²) >= 11 is 0. The summed E-state index contributed by atoms with van der Waals surface area (Å²) in [4.78, 5) is 25.6. The fourth-order valence-corrected chi connectivity index (χ4v) is 2.64. The molecule has 2 unspecified atom stereocenters. The number of hydrogen-bond acceptors (Lipinski definition) is 4. The van der Waals surface area contributed by atoms with E-state index in [1.165, 1.54) is 12.0 Å². The highest BCUT2D eigenvalue weighted by Gasteiger charge is 2.42. The van der Waals surface area contributed by atoms with Crippen LogP contribution in [0.4, 0.5) is 0 Å². The minimum atomic E-state index is -1.15. The topological polar surface area (TPSA) is 76.1 Å². The average molecular weight is 307 g/mol. The van der Waals surface area contributed by atoms with E-state index >= 15 is 0 Å². The average Bonchev–Trinajstić information content (AvgIpc) is 2.53. The van der Waals surface area contributed by atoms with E-state index < -0.39 is 17.7 Å². The summed E-state index contributed by atoms with van der Waals surface area (Å²) in [5, 5.41) is 9.14. The van der Waals surface area contributed by atoms with Gasteiger partial charge in [-0.2, -0.15) is 0 Å². The smallest absolute Gasteiger partial charge is 0.334 e. The Hall–Kier alpha value is -1.92. The van der Waals surface area contributed by atoms with Gasteiger partial charge in [0.25, 0.3) is 5.91 Å². The number of rotatable bonds is 4. The maximum Gasteiger partial charge on any atom is 0.334 e. The summed E-state index contributed by atoms with van der Waals surface area (Å²) in [7, 11) is 1.48. The molecule has 3 atom stereocenters. The first-order valence-corrected chi connectivity index (χ1v) is 7.16. The zero-order chi connectivity index (χ0) is 16.3. The van der Waals surface area contributed by atoms with Crippen LogP contribution in [-0.4, -0.2) is 54.3 Å². The molecule has 0 saturated carbocycles. The second-order valence-corrected chi connectivity index (χ2v) is 5.59. The Morgan fingerprint density at radius 2 is 1.95 bits per heavy atom. The Labute approximate surface area is 129 Å². The van der Waals surface area contributed by atoms with Crippen LogP contribution in [0.5, 0.6) is 0 Å². The zero-order valence-corrected chi connectivity index (χ0v) is 13.0. The maximum absolute atomic E-state index is 12.9. The van der Waals surface area contributed by atoms with Gasteiger partial charge in [0.15, 0.2) is 11.7 Å². The van der Waals surface area contributed by atoms with Gasteiger partial charge in [-0.05, 0) is 19.4 Å². The molecule has 2 rings (SSSR count). The first-order valence-electron chi connectivity index (χ1n) is 7.16. The maximum atomic E-state index is 12.9. The SMILES string of the molecule is COC(C)(C(=O)N1CC(C(=O)O)O[C@H](C)C1)c1ccccc1. The molecule has 0 bridgehead atoms. The fraction of sp³-hybridized carbons (Fsp3) is 0.500. The molecular formula is C16H21NO5. The van der Waals surface area contributed by atoms with Gasteiger partial charge in [-0.15, -0.1) is 0 Å². The summed E-state index contributed by atoms with van der Waals surface area (Å²) in [5.41, 5.74) is -0.421. The largest absolute Gasteiger partial charge is 0.479 e. The van der Waals surface area contributed by atoms with Crippen molar-refractivity contribution in [2.24, 2.45) is 0 Å². The highest BCUT2D eigenvalue weighted by Crippen LogP contribution is 2.28. The second-order valence-electron chi connectivity index (χ2n) is 5.59. The van der Waals surface area contributed by atoms with E-state index in [0.717, 1.165) is 5.56 Å².